The van der Waals surface area contributed by atoms with Crippen molar-refractivity contribution >= 4 is 5.91 Å². The van der Waals surface area contributed by atoms with Gasteiger partial charge < -0.3 is 4.90 Å². The van der Waals surface area contributed by atoms with Crippen molar-refractivity contribution in [3.63, 3.8) is 0 Å². The number of carbonyl (C=O) groups is 1. The fourth-order valence-electron chi connectivity index (χ4n) is 2.38. The lowest BCUT2D eigenvalue weighted by Gasteiger charge is -2.32. The number of benzene rings is 1. The fourth-order valence-corrected chi connectivity index (χ4v) is 2.38. The average molecular weight is 249 g/mol. The lowest BCUT2D eigenvalue weighted by molar-refractivity contribution is -0.142. The summed E-state index contributed by atoms with van der Waals surface area (Å²) >= 11 is 0. The van der Waals surface area contributed by atoms with Gasteiger partial charge in [0.25, 0.3) is 5.91 Å². The summed E-state index contributed by atoms with van der Waals surface area (Å²) in [5.41, 5.74) is 1.94. The van der Waals surface area contributed by atoms with Gasteiger partial charge in [-0.1, -0.05) is 25.1 Å². The summed E-state index contributed by atoms with van der Waals surface area (Å²) in [6, 6.07) is 6.41. The Hall–Kier alpha value is -1.38. The molecule has 1 aromatic rings. The largest absolute Gasteiger partial charge is 0.335 e. The Kier molecular flexibility index (Phi) is 3.42. The van der Waals surface area contributed by atoms with Crippen molar-refractivity contribution in [3.8, 4) is 0 Å². The summed E-state index contributed by atoms with van der Waals surface area (Å²) in [7, 11) is 0. The molecule has 18 heavy (non-hydrogen) atoms. The normalized spacial score (nSPS) is 15.4. The summed E-state index contributed by atoms with van der Waals surface area (Å²) in [5, 5.41) is 0. The van der Waals surface area contributed by atoms with Gasteiger partial charge >= 0.3 is 0 Å². The Morgan fingerprint density at radius 1 is 1.39 bits per heavy atom. The Morgan fingerprint density at radius 3 is 2.72 bits per heavy atom. The van der Waals surface area contributed by atoms with Crippen LogP contribution in [0, 0.1) is 0 Å². The zero-order valence-electron chi connectivity index (χ0n) is 11.3. The SMILES string of the molecule is CCc1ccc2c(c1)CN(C(=O)C(C)(C)F)CC2. The van der Waals surface area contributed by atoms with Crippen LogP contribution in [0.15, 0.2) is 18.2 Å². The van der Waals surface area contributed by atoms with Crippen LogP contribution in [-0.4, -0.2) is 23.0 Å². The molecule has 1 heterocycles. The fraction of sp³-hybridized carbons (Fsp3) is 0.533. The molecule has 2 nitrogen and oxygen atoms in total. The third kappa shape index (κ3) is 2.55. The minimum Gasteiger partial charge on any atom is -0.335 e. The zero-order chi connectivity index (χ0) is 13.3. The van der Waals surface area contributed by atoms with E-state index in [1.165, 1.54) is 30.5 Å². The van der Waals surface area contributed by atoms with Crippen molar-refractivity contribution < 1.29 is 9.18 Å². The van der Waals surface area contributed by atoms with E-state index < -0.39 is 11.6 Å². The van der Waals surface area contributed by atoms with Crippen LogP contribution in [0.4, 0.5) is 4.39 Å². The molecule has 0 unspecified atom stereocenters. The number of carbonyl (C=O) groups excluding carboxylic acids is 1. The summed E-state index contributed by atoms with van der Waals surface area (Å²) in [5.74, 6) is -0.407. The van der Waals surface area contributed by atoms with Crippen molar-refractivity contribution in [3.05, 3.63) is 34.9 Å². The summed E-state index contributed by atoms with van der Waals surface area (Å²) in [4.78, 5) is 13.6. The third-order valence-electron chi connectivity index (χ3n) is 3.49. The van der Waals surface area contributed by atoms with Crippen LogP contribution < -0.4 is 0 Å². The maximum absolute atomic E-state index is 13.7. The van der Waals surface area contributed by atoms with E-state index in [1.807, 2.05) is 0 Å². The molecule has 0 saturated carbocycles. The van der Waals surface area contributed by atoms with Crippen LogP contribution in [0.3, 0.4) is 0 Å². The highest BCUT2D eigenvalue weighted by Crippen LogP contribution is 2.23. The first-order chi connectivity index (χ1) is 8.41. The Bertz CT molecular complexity index is 462. The maximum atomic E-state index is 13.7. The molecule has 3 heteroatoms. The lowest BCUT2D eigenvalue weighted by Crippen LogP contribution is -2.44. The van der Waals surface area contributed by atoms with E-state index >= 15 is 0 Å². The van der Waals surface area contributed by atoms with Crippen LogP contribution in [0.25, 0.3) is 0 Å². The second kappa shape index (κ2) is 4.71. The minimum absolute atomic E-state index is 0.407. The second-order valence-electron chi connectivity index (χ2n) is 5.41. The van der Waals surface area contributed by atoms with E-state index in [4.69, 9.17) is 0 Å². The van der Waals surface area contributed by atoms with Crippen molar-refractivity contribution in [2.75, 3.05) is 6.54 Å². The molecule has 0 bridgehead atoms. The number of hydrogen-bond donors (Lipinski definition) is 0. The van der Waals surface area contributed by atoms with Gasteiger partial charge in [0.2, 0.25) is 0 Å². The molecule has 98 valence electrons. The molecule has 0 atom stereocenters. The van der Waals surface area contributed by atoms with E-state index in [2.05, 4.69) is 25.1 Å². The minimum atomic E-state index is -1.78. The Balaban J connectivity index is 2.21. The highest BCUT2D eigenvalue weighted by atomic mass is 19.1. The van der Waals surface area contributed by atoms with Crippen molar-refractivity contribution in [2.24, 2.45) is 0 Å². The van der Waals surface area contributed by atoms with Gasteiger partial charge in [0.1, 0.15) is 0 Å². The van der Waals surface area contributed by atoms with Crippen LogP contribution in [0.2, 0.25) is 0 Å². The van der Waals surface area contributed by atoms with Crippen LogP contribution in [0.5, 0.6) is 0 Å². The molecule has 0 radical (unpaired) electrons. The number of halogens is 1. The van der Waals surface area contributed by atoms with Crippen molar-refractivity contribution in [1.82, 2.24) is 4.90 Å². The van der Waals surface area contributed by atoms with Gasteiger partial charge in [-0.05, 0) is 43.4 Å². The van der Waals surface area contributed by atoms with E-state index in [0.717, 1.165) is 12.8 Å². The topological polar surface area (TPSA) is 20.3 Å². The molecule has 0 saturated heterocycles. The van der Waals surface area contributed by atoms with Gasteiger partial charge in [0.15, 0.2) is 5.67 Å². The van der Waals surface area contributed by atoms with E-state index in [-0.39, 0.29) is 0 Å². The first-order valence-electron chi connectivity index (χ1n) is 6.50. The van der Waals surface area contributed by atoms with Crippen LogP contribution >= 0.6 is 0 Å². The number of rotatable bonds is 2. The van der Waals surface area contributed by atoms with Crippen molar-refractivity contribution in [1.29, 1.82) is 0 Å². The average Bonchev–Trinajstić information content (AvgIpc) is 2.35. The van der Waals surface area contributed by atoms with E-state index in [1.54, 1.807) is 4.90 Å². The second-order valence-corrected chi connectivity index (χ2v) is 5.41. The maximum Gasteiger partial charge on any atom is 0.259 e. The summed E-state index contributed by atoms with van der Waals surface area (Å²) < 4.78 is 13.7. The third-order valence-corrected chi connectivity index (χ3v) is 3.49. The molecular weight excluding hydrogens is 229 g/mol. The number of fused-ring (bicyclic) bond motifs is 1. The van der Waals surface area contributed by atoms with E-state index in [0.29, 0.717) is 13.1 Å². The number of hydrogen-bond acceptors (Lipinski definition) is 1. The van der Waals surface area contributed by atoms with Gasteiger partial charge in [-0.25, -0.2) is 4.39 Å². The highest BCUT2D eigenvalue weighted by molar-refractivity contribution is 5.84. The molecule has 0 aliphatic carbocycles. The van der Waals surface area contributed by atoms with Gasteiger partial charge in [-0.3, -0.25) is 4.79 Å². The first kappa shape index (κ1) is 13.1. The standard InChI is InChI=1S/C15H20FNO/c1-4-11-5-6-12-7-8-17(10-13(12)9-11)14(18)15(2,3)16/h5-6,9H,4,7-8,10H2,1-3H3. The van der Waals surface area contributed by atoms with Gasteiger partial charge in [0.05, 0.1) is 0 Å². The van der Waals surface area contributed by atoms with Gasteiger partial charge in [-0.15, -0.1) is 0 Å². The predicted octanol–water partition coefficient (Wildman–Crippen LogP) is 2.88. The first-order valence-corrected chi connectivity index (χ1v) is 6.50. The van der Waals surface area contributed by atoms with Crippen LogP contribution in [-0.2, 0) is 24.2 Å². The lowest BCUT2D eigenvalue weighted by atomic mass is 9.95. The zero-order valence-corrected chi connectivity index (χ0v) is 11.3. The smallest absolute Gasteiger partial charge is 0.259 e. The predicted molar refractivity (Wildman–Crippen MR) is 70.1 cm³/mol. The van der Waals surface area contributed by atoms with Crippen molar-refractivity contribution in [2.45, 2.75) is 45.8 Å². The number of alkyl halides is 1. The molecule has 1 aliphatic rings. The molecule has 0 spiro atoms. The quantitative estimate of drug-likeness (QED) is 0.789. The molecular formula is C15H20FNO. The van der Waals surface area contributed by atoms with Gasteiger partial charge in [-0.2, -0.15) is 0 Å². The molecule has 1 amide bonds. The monoisotopic (exact) mass is 249 g/mol. The summed E-state index contributed by atoms with van der Waals surface area (Å²) in [6.07, 6.45) is 1.80. The van der Waals surface area contributed by atoms with Gasteiger partial charge in [0, 0.05) is 13.1 Å². The Labute approximate surface area is 108 Å². The number of amides is 1. The molecule has 1 aromatic carbocycles. The van der Waals surface area contributed by atoms with Crippen LogP contribution in [0.1, 0.15) is 37.5 Å². The number of nitrogens with zero attached hydrogens (tertiary/aromatic N) is 1. The molecule has 1 aliphatic heterocycles. The molecule has 2 rings (SSSR count). The Morgan fingerprint density at radius 2 is 2.11 bits per heavy atom. The molecule has 0 aromatic heterocycles. The number of aryl methyl sites for hydroxylation is 1. The molecule has 0 N–H and O–H groups in total. The highest BCUT2D eigenvalue weighted by Gasteiger charge is 2.33. The van der Waals surface area contributed by atoms with E-state index in [9.17, 15) is 9.18 Å². The molecule has 0 fully saturated rings. The summed E-state index contributed by atoms with van der Waals surface area (Å²) in [6.45, 7) is 5.92.